The number of nitrogens with one attached hydrogen (secondary N) is 1. The summed E-state index contributed by atoms with van der Waals surface area (Å²) in [5, 5.41) is 12.6. The molecule has 0 bridgehead atoms. The highest BCUT2D eigenvalue weighted by molar-refractivity contribution is 5.78. The van der Waals surface area contributed by atoms with Gasteiger partial charge in [0.2, 0.25) is 0 Å². The van der Waals surface area contributed by atoms with Gasteiger partial charge in [0.25, 0.3) is 0 Å². The predicted molar refractivity (Wildman–Crippen MR) is 72.2 cm³/mol. The van der Waals surface area contributed by atoms with Crippen molar-refractivity contribution in [1.29, 1.82) is 0 Å². The molecule has 0 aliphatic carbocycles. The molecule has 3 nitrogen and oxygen atoms in total. The van der Waals surface area contributed by atoms with Gasteiger partial charge in [0.15, 0.2) is 0 Å². The third kappa shape index (κ3) is 5.53. The van der Waals surface area contributed by atoms with Gasteiger partial charge >= 0.3 is 5.97 Å². The molecule has 0 aliphatic rings. The Morgan fingerprint density at radius 1 is 1.18 bits per heavy atom. The molecule has 0 saturated carbocycles. The summed E-state index contributed by atoms with van der Waals surface area (Å²) in [4.78, 5) is 11.3. The van der Waals surface area contributed by atoms with E-state index in [4.69, 9.17) is 0 Å². The number of carboxylic acid groups (broad SMARTS) is 1. The maximum Gasteiger partial charge on any atom is 0.323 e. The van der Waals surface area contributed by atoms with Crippen molar-refractivity contribution in [3.8, 4) is 0 Å². The number of hydrogen-bond donors (Lipinski definition) is 2. The molecule has 3 heteroatoms. The maximum atomic E-state index is 11.3. The largest absolute Gasteiger partial charge is 0.480 e. The fourth-order valence-electron chi connectivity index (χ4n) is 2.19. The van der Waals surface area contributed by atoms with Gasteiger partial charge in [-0.1, -0.05) is 40.5 Å². The molecule has 0 saturated heterocycles. The van der Waals surface area contributed by atoms with Crippen LogP contribution < -0.4 is 5.32 Å². The molecular weight excluding hydrogens is 214 g/mol. The monoisotopic (exact) mass is 243 g/mol. The van der Waals surface area contributed by atoms with Crippen LogP contribution in [0, 0.1) is 5.92 Å². The number of carbonyl (C=O) groups is 1. The first-order valence-corrected chi connectivity index (χ1v) is 6.89. The average Bonchev–Trinajstić information content (AvgIpc) is 2.25. The van der Waals surface area contributed by atoms with E-state index in [0.717, 1.165) is 18.8 Å². The van der Waals surface area contributed by atoms with Crippen LogP contribution in [0.25, 0.3) is 0 Å². The molecular formula is C14H29NO2. The summed E-state index contributed by atoms with van der Waals surface area (Å²) < 4.78 is 0. The normalized spacial score (nSPS) is 14.0. The lowest BCUT2D eigenvalue weighted by molar-refractivity contribution is -0.145. The molecule has 0 aromatic heterocycles. The third-order valence-corrected chi connectivity index (χ3v) is 3.56. The van der Waals surface area contributed by atoms with E-state index in [1.54, 1.807) is 0 Å². The Labute approximate surface area is 106 Å². The lowest BCUT2D eigenvalue weighted by Crippen LogP contribution is -2.54. The van der Waals surface area contributed by atoms with Crippen molar-refractivity contribution in [2.45, 2.75) is 78.3 Å². The van der Waals surface area contributed by atoms with Crippen LogP contribution in [-0.2, 0) is 4.79 Å². The molecule has 0 rings (SSSR count). The summed E-state index contributed by atoms with van der Waals surface area (Å²) in [6.07, 6.45) is 4.69. The molecule has 0 amide bonds. The van der Waals surface area contributed by atoms with E-state index in [9.17, 15) is 9.90 Å². The van der Waals surface area contributed by atoms with Crippen molar-refractivity contribution in [3.05, 3.63) is 0 Å². The highest BCUT2D eigenvalue weighted by Gasteiger charge is 2.35. The van der Waals surface area contributed by atoms with Gasteiger partial charge in [-0.05, 0) is 32.1 Å². The van der Waals surface area contributed by atoms with Crippen LogP contribution >= 0.6 is 0 Å². The SMILES string of the molecule is CCC(CC)(NC(C)CCCC(C)C)C(=O)O. The lowest BCUT2D eigenvalue weighted by atomic mass is 9.91. The smallest absolute Gasteiger partial charge is 0.323 e. The van der Waals surface area contributed by atoms with Crippen molar-refractivity contribution >= 4 is 5.97 Å². The Kier molecular flexibility index (Phi) is 7.44. The van der Waals surface area contributed by atoms with Gasteiger partial charge in [0.1, 0.15) is 5.54 Å². The van der Waals surface area contributed by atoms with Crippen molar-refractivity contribution in [1.82, 2.24) is 5.32 Å². The van der Waals surface area contributed by atoms with Crippen molar-refractivity contribution < 1.29 is 9.90 Å². The standard InChI is InChI=1S/C14H29NO2/c1-6-14(7-2,13(16)17)15-12(5)10-8-9-11(3)4/h11-12,15H,6-10H2,1-5H3,(H,16,17). The summed E-state index contributed by atoms with van der Waals surface area (Å²) in [5.41, 5.74) is -0.739. The number of rotatable bonds is 9. The van der Waals surface area contributed by atoms with Gasteiger partial charge in [0, 0.05) is 6.04 Å². The summed E-state index contributed by atoms with van der Waals surface area (Å²) in [5.74, 6) is 0.00184. The van der Waals surface area contributed by atoms with Crippen LogP contribution in [0.15, 0.2) is 0 Å². The fraction of sp³-hybridized carbons (Fsp3) is 0.929. The van der Waals surface area contributed by atoms with E-state index in [1.807, 2.05) is 13.8 Å². The van der Waals surface area contributed by atoms with Crippen LogP contribution in [0.5, 0.6) is 0 Å². The molecule has 2 N–H and O–H groups in total. The van der Waals surface area contributed by atoms with Gasteiger partial charge in [-0.25, -0.2) is 0 Å². The summed E-state index contributed by atoms with van der Waals surface area (Å²) >= 11 is 0. The van der Waals surface area contributed by atoms with Crippen LogP contribution in [0.4, 0.5) is 0 Å². The molecule has 0 aromatic carbocycles. The second kappa shape index (κ2) is 7.70. The van der Waals surface area contributed by atoms with Gasteiger partial charge < -0.3 is 5.11 Å². The highest BCUT2D eigenvalue weighted by Crippen LogP contribution is 2.18. The average molecular weight is 243 g/mol. The minimum Gasteiger partial charge on any atom is -0.480 e. The van der Waals surface area contributed by atoms with Crippen molar-refractivity contribution in [3.63, 3.8) is 0 Å². The minimum atomic E-state index is -0.739. The second-order valence-corrected chi connectivity index (χ2v) is 5.46. The Morgan fingerprint density at radius 2 is 1.71 bits per heavy atom. The van der Waals surface area contributed by atoms with Crippen molar-refractivity contribution in [2.24, 2.45) is 5.92 Å². The zero-order valence-corrected chi connectivity index (χ0v) is 12.0. The summed E-state index contributed by atoms with van der Waals surface area (Å²) in [6, 6.07) is 0.268. The lowest BCUT2D eigenvalue weighted by Gasteiger charge is -2.32. The Bertz CT molecular complexity index is 222. The zero-order valence-electron chi connectivity index (χ0n) is 12.0. The minimum absolute atomic E-state index is 0.268. The molecule has 0 heterocycles. The van der Waals surface area contributed by atoms with Gasteiger partial charge in [0.05, 0.1) is 0 Å². The van der Waals surface area contributed by atoms with E-state index >= 15 is 0 Å². The van der Waals surface area contributed by atoms with Crippen LogP contribution in [-0.4, -0.2) is 22.7 Å². The molecule has 0 fully saturated rings. The molecule has 102 valence electrons. The quantitative estimate of drug-likeness (QED) is 0.652. The molecule has 1 atom stereocenters. The van der Waals surface area contributed by atoms with Crippen LogP contribution in [0.2, 0.25) is 0 Å². The van der Waals surface area contributed by atoms with E-state index in [0.29, 0.717) is 12.8 Å². The molecule has 0 spiro atoms. The fourth-order valence-corrected chi connectivity index (χ4v) is 2.19. The van der Waals surface area contributed by atoms with E-state index in [-0.39, 0.29) is 6.04 Å². The first-order chi connectivity index (χ1) is 7.88. The number of aliphatic carboxylic acids is 1. The summed E-state index contributed by atoms with van der Waals surface area (Å²) in [7, 11) is 0. The van der Waals surface area contributed by atoms with Crippen LogP contribution in [0.3, 0.4) is 0 Å². The first-order valence-electron chi connectivity index (χ1n) is 6.89. The highest BCUT2D eigenvalue weighted by atomic mass is 16.4. The third-order valence-electron chi connectivity index (χ3n) is 3.56. The van der Waals surface area contributed by atoms with Crippen molar-refractivity contribution in [2.75, 3.05) is 0 Å². The zero-order chi connectivity index (χ0) is 13.5. The first kappa shape index (κ1) is 16.4. The van der Waals surface area contributed by atoms with Gasteiger partial charge in [-0.2, -0.15) is 0 Å². The van der Waals surface area contributed by atoms with E-state index in [2.05, 4.69) is 26.1 Å². The van der Waals surface area contributed by atoms with Gasteiger partial charge in [-0.3, -0.25) is 10.1 Å². The van der Waals surface area contributed by atoms with E-state index < -0.39 is 11.5 Å². The number of carboxylic acids is 1. The summed E-state index contributed by atoms with van der Waals surface area (Å²) in [6.45, 7) is 10.4. The number of hydrogen-bond acceptors (Lipinski definition) is 2. The Balaban J connectivity index is 4.22. The molecule has 0 radical (unpaired) electrons. The second-order valence-electron chi connectivity index (χ2n) is 5.46. The Morgan fingerprint density at radius 3 is 2.06 bits per heavy atom. The molecule has 1 unspecified atom stereocenters. The predicted octanol–water partition coefficient (Wildman–Crippen LogP) is 3.43. The molecule has 17 heavy (non-hydrogen) atoms. The maximum absolute atomic E-state index is 11.3. The van der Waals surface area contributed by atoms with Crippen LogP contribution in [0.1, 0.15) is 66.7 Å². The Hall–Kier alpha value is -0.570. The van der Waals surface area contributed by atoms with E-state index in [1.165, 1.54) is 6.42 Å². The topological polar surface area (TPSA) is 49.3 Å². The molecule has 0 aliphatic heterocycles. The van der Waals surface area contributed by atoms with Gasteiger partial charge in [-0.15, -0.1) is 0 Å². The molecule has 0 aromatic rings.